The summed E-state index contributed by atoms with van der Waals surface area (Å²) < 4.78 is 27.9. The Kier molecular flexibility index (Phi) is 10.4. The lowest BCUT2D eigenvalue weighted by Crippen LogP contribution is -2.48. The van der Waals surface area contributed by atoms with E-state index in [-0.39, 0.29) is 23.6 Å². The van der Waals surface area contributed by atoms with Crippen molar-refractivity contribution in [1.29, 1.82) is 0 Å². The molecular weight excluding hydrogens is 524 g/mol. The second-order valence-corrected chi connectivity index (χ2v) is 11.4. The molecule has 1 fully saturated rings. The van der Waals surface area contributed by atoms with Crippen LogP contribution in [0.25, 0.3) is 0 Å². The fraction of sp³-hybridized carbons (Fsp3) is 0.353. The molecule has 0 amide bonds. The average molecular weight is 564 g/mol. The molecule has 3 aromatic rings. The van der Waals surface area contributed by atoms with Crippen molar-refractivity contribution in [2.75, 3.05) is 19.6 Å². The Morgan fingerprint density at radius 3 is 2.48 bits per heavy atom. The second kappa shape index (κ2) is 14.0. The van der Waals surface area contributed by atoms with E-state index >= 15 is 0 Å². The van der Waals surface area contributed by atoms with Gasteiger partial charge in [-0.15, -0.1) is 0 Å². The smallest absolute Gasteiger partial charge is 0.126 e. The third kappa shape index (κ3) is 8.42. The summed E-state index contributed by atoms with van der Waals surface area (Å²) in [5.41, 5.74) is 7.21. The Morgan fingerprint density at radius 2 is 1.75 bits per heavy atom. The van der Waals surface area contributed by atoms with Crippen LogP contribution in [0.3, 0.4) is 0 Å². The van der Waals surface area contributed by atoms with Crippen LogP contribution in [0.15, 0.2) is 85.2 Å². The van der Waals surface area contributed by atoms with Gasteiger partial charge >= 0.3 is 0 Å². The first-order valence-corrected chi connectivity index (χ1v) is 14.4. The van der Waals surface area contributed by atoms with Gasteiger partial charge in [-0.2, -0.15) is 0 Å². The molecule has 0 radical (unpaired) electrons. The normalized spacial score (nSPS) is 17.2. The van der Waals surface area contributed by atoms with Gasteiger partial charge in [0.25, 0.3) is 0 Å². The zero-order valence-electron chi connectivity index (χ0n) is 23.6. The first kappa shape index (κ1) is 29.8. The Labute approximate surface area is 242 Å². The minimum absolute atomic E-state index is 0.154. The molecule has 212 valence electrons. The first-order valence-electron chi connectivity index (χ1n) is 14.0. The fourth-order valence-electron chi connectivity index (χ4n) is 5.44. The molecule has 40 heavy (non-hydrogen) atoms. The number of piperidine rings is 1. The van der Waals surface area contributed by atoms with Gasteiger partial charge in [-0.05, 0) is 97.7 Å². The van der Waals surface area contributed by atoms with Gasteiger partial charge in [0, 0.05) is 54.6 Å². The molecule has 1 heterocycles. The van der Waals surface area contributed by atoms with Crippen molar-refractivity contribution in [2.24, 2.45) is 5.92 Å². The van der Waals surface area contributed by atoms with Gasteiger partial charge in [0.05, 0.1) is 0 Å². The van der Waals surface area contributed by atoms with Gasteiger partial charge in [0.2, 0.25) is 0 Å². The molecular formula is C34H40ClF2N3. The van der Waals surface area contributed by atoms with Crippen LogP contribution < -0.4 is 10.6 Å². The highest BCUT2D eigenvalue weighted by Gasteiger charge is 2.30. The number of nitrogens with zero attached hydrogens (tertiary/aromatic N) is 1. The molecule has 4 rings (SSSR count). The van der Waals surface area contributed by atoms with Gasteiger partial charge < -0.3 is 15.5 Å². The highest BCUT2D eigenvalue weighted by atomic mass is 35.5. The fourth-order valence-corrected chi connectivity index (χ4v) is 5.66. The largest absolute Gasteiger partial charge is 0.388 e. The Hall–Kier alpha value is -3.15. The number of nitrogens with one attached hydrogen (secondary N) is 2. The summed E-state index contributed by atoms with van der Waals surface area (Å²) in [4.78, 5) is 2.29. The predicted octanol–water partition coefficient (Wildman–Crippen LogP) is 7.51. The van der Waals surface area contributed by atoms with Crippen molar-refractivity contribution in [3.63, 3.8) is 0 Å². The average Bonchev–Trinajstić information content (AvgIpc) is 2.91. The van der Waals surface area contributed by atoms with Gasteiger partial charge in [0.1, 0.15) is 11.6 Å². The van der Waals surface area contributed by atoms with Crippen LogP contribution in [-0.2, 0) is 19.4 Å². The molecule has 6 heteroatoms. The van der Waals surface area contributed by atoms with Crippen molar-refractivity contribution >= 4 is 11.6 Å². The molecule has 1 aliphatic rings. The summed E-state index contributed by atoms with van der Waals surface area (Å²) in [6, 6.07) is 18.3. The molecule has 2 atom stereocenters. The van der Waals surface area contributed by atoms with Crippen LogP contribution in [-0.4, -0.2) is 30.6 Å². The van der Waals surface area contributed by atoms with Gasteiger partial charge in [-0.25, -0.2) is 8.78 Å². The monoisotopic (exact) mass is 563 g/mol. The zero-order chi connectivity index (χ0) is 28.6. The van der Waals surface area contributed by atoms with E-state index in [9.17, 15) is 8.78 Å². The number of likely N-dealkylation sites (tertiary alicyclic amines) is 1. The number of allylic oxidation sites excluding steroid dienone is 2. The number of hydrogen-bond acceptors (Lipinski definition) is 3. The van der Waals surface area contributed by atoms with Crippen molar-refractivity contribution in [3.05, 3.63) is 130 Å². The van der Waals surface area contributed by atoms with Crippen LogP contribution in [0, 0.1) is 31.4 Å². The lowest BCUT2D eigenvalue weighted by Gasteiger charge is -2.42. The minimum Gasteiger partial charge on any atom is -0.388 e. The summed E-state index contributed by atoms with van der Waals surface area (Å²) in [6.45, 7) is 15.7. The summed E-state index contributed by atoms with van der Waals surface area (Å²) >= 11 is 6.10. The van der Waals surface area contributed by atoms with E-state index in [2.05, 4.69) is 41.7 Å². The summed E-state index contributed by atoms with van der Waals surface area (Å²) in [5.74, 6) is -0.178. The number of benzene rings is 3. The van der Waals surface area contributed by atoms with E-state index in [1.165, 1.54) is 23.3 Å². The summed E-state index contributed by atoms with van der Waals surface area (Å²) in [5, 5.41) is 7.93. The molecule has 0 spiro atoms. The summed E-state index contributed by atoms with van der Waals surface area (Å²) in [7, 11) is 0. The molecule has 0 aliphatic carbocycles. The standard InChI is InChI=1S/C34H40ClF2N3/c1-23-5-8-29(34(37)17-23)14-16-40-22-33(39-21-27-6-11-32(36)12-7-27)20-30(26(40)4)19-25(3)38-15-13-28-9-10-31(35)18-24(28)2/h5-12,17-18,30,33,38-39H,3-4,13-16,19-22H2,1-2H3. The molecule has 3 aromatic carbocycles. The molecule has 1 saturated heterocycles. The quantitative estimate of drug-likeness (QED) is 0.239. The molecule has 3 nitrogen and oxygen atoms in total. The Bertz CT molecular complexity index is 1320. The van der Waals surface area contributed by atoms with Gasteiger partial charge in [-0.1, -0.05) is 55.1 Å². The SMILES string of the molecule is C=C(CC1CC(NCc2ccc(F)cc2)CN(CCc2ccc(C)cc2F)C1=C)NCCc1ccc(Cl)cc1C. The van der Waals surface area contributed by atoms with Crippen LogP contribution in [0.5, 0.6) is 0 Å². The lowest BCUT2D eigenvalue weighted by atomic mass is 9.87. The van der Waals surface area contributed by atoms with Crippen LogP contribution >= 0.6 is 11.6 Å². The maximum atomic E-state index is 14.5. The maximum Gasteiger partial charge on any atom is 0.126 e. The van der Waals surface area contributed by atoms with E-state index in [0.29, 0.717) is 19.5 Å². The molecule has 0 saturated carbocycles. The number of hydrogen-bond donors (Lipinski definition) is 2. The molecule has 2 N–H and O–H groups in total. The zero-order valence-corrected chi connectivity index (χ0v) is 24.3. The highest BCUT2D eigenvalue weighted by Crippen LogP contribution is 2.31. The van der Waals surface area contributed by atoms with Crippen LogP contribution in [0.4, 0.5) is 8.78 Å². The van der Waals surface area contributed by atoms with E-state index in [1.54, 1.807) is 6.07 Å². The third-order valence-electron chi connectivity index (χ3n) is 7.82. The van der Waals surface area contributed by atoms with Crippen molar-refractivity contribution < 1.29 is 8.78 Å². The first-order chi connectivity index (χ1) is 19.2. The third-order valence-corrected chi connectivity index (χ3v) is 8.06. The number of halogens is 3. The summed E-state index contributed by atoms with van der Waals surface area (Å²) in [6.07, 6.45) is 3.21. The lowest BCUT2D eigenvalue weighted by molar-refractivity contribution is 0.197. The predicted molar refractivity (Wildman–Crippen MR) is 162 cm³/mol. The van der Waals surface area contributed by atoms with Crippen molar-refractivity contribution in [1.82, 2.24) is 15.5 Å². The Balaban J connectivity index is 1.38. The van der Waals surface area contributed by atoms with E-state index < -0.39 is 0 Å². The van der Waals surface area contributed by atoms with E-state index in [0.717, 1.165) is 65.5 Å². The number of rotatable bonds is 12. The van der Waals surface area contributed by atoms with E-state index in [1.807, 2.05) is 43.3 Å². The molecule has 0 aromatic heterocycles. The number of aryl methyl sites for hydroxylation is 2. The van der Waals surface area contributed by atoms with Crippen molar-refractivity contribution in [2.45, 2.75) is 52.1 Å². The molecule has 1 aliphatic heterocycles. The Morgan fingerprint density at radius 1 is 1.00 bits per heavy atom. The second-order valence-electron chi connectivity index (χ2n) is 11.0. The maximum absolute atomic E-state index is 14.5. The van der Waals surface area contributed by atoms with Gasteiger partial charge in [0.15, 0.2) is 0 Å². The van der Waals surface area contributed by atoms with Crippen molar-refractivity contribution in [3.8, 4) is 0 Å². The topological polar surface area (TPSA) is 27.3 Å². The molecule has 0 bridgehead atoms. The minimum atomic E-state index is -0.232. The molecule has 2 unspecified atom stereocenters. The van der Waals surface area contributed by atoms with Crippen LogP contribution in [0.2, 0.25) is 5.02 Å². The van der Waals surface area contributed by atoms with Crippen LogP contribution in [0.1, 0.15) is 40.7 Å². The van der Waals surface area contributed by atoms with E-state index in [4.69, 9.17) is 11.6 Å². The van der Waals surface area contributed by atoms with Gasteiger partial charge in [-0.3, -0.25) is 0 Å². The highest BCUT2D eigenvalue weighted by molar-refractivity contribution is 6.30.